The number of amides is 1. The van der Waals surface area contributed by atoms with Crippen LogP contribution in [0.1, 0.15) is 6.42 Å². The number of hydrogen-bond donors (Lipinski definition) is 4. The molecular weight excluding hydrogens is 375 g/mol. The molecule has 3 rings (SSSR count). The van der Waals surface area contributed by atoms with Crippen molar-refractivity contribution in [2.75, 3.05) is 13.1 Å². The number of carbonyl (C=O) groups excluding carboxylic acids is 1. The normalized spacial score (nSPS) is 23.0. The zero-order valence-corrected chi connectivity index (χ0v) is 15.0. The van der Waals surface area contributed by atoms with Crippen LogP contribution < -0.4 is 10.8 Å². The number of sulfone groups is 1. The first-order valence-corrected chi connectivity index (χ1v) is 9.81. The first-order valence-electron chi connectivity index (χ1n) is 8.26. The number of halogens is 1. The molecule has 0 spiro atoms. The topological polar surface area (TPSA) is 116 Å². The third-order valence-electron chi connectivity index (χ3n) is 4.72. The minimum Gasteiger partial charge on any atom is -0.377 e. The Labute approximate surface area is 155 Å². The molecule has 0 radical (unpaired) electrons. The zero-order chi connectivity index (χ0) is 19.7. The highest BCUT2D eigenvalue weighted by Gasteiger charge is 2.52. The van der Waals surface area contributed by atoms with Crippen LogP contribution in [0, 0.1) is 5.82 Å². The fourth-order valence-corrected chi connectivity index (χ4v) is 5.25. The second kappa shape index (κ2) is 7.35. The van der Waals surface area contributed by atoms with Crippen molar-refractivity contribution in [2.45, 2.75) is 22.2 Å². The summed E-state index contributed by atoms with van der Waals surface area (Å²) in [7, 11) is -4.07. The van der Waals surface area contributed by atoms with Crippen molar-refractivity contribution in [3.63, 3.8) is 0 Å². The van der Waals surface area contributed by atoms with E-state index in [1.54, 1.807) is 12.1 Å². The van der Waals surface area contributed by atoms with E-state index in [0.29, 0.717) is 17.7 Å². The molecule has 2 aromatic carbocycles. The van der Waals surface area contributed by atoms with E-state index in [1.165, 1.54) is 41.9 Å². The van der Waals surface area contributed by atoms with E-state index < -0.39 is 32.4 Å². The van der Waals surface area contributed by atoms with Crippen molar-refractivity contribution >= 4 is 15.7 Å². The quantitative estimate of drug-likeness (QED) is 0.452. The van der Waals surface area contributed by atoms with Gasteiger partial charge in [0.05, 0.1) is 4.90 Å². The Morgan fingerprint density at radius 1 is 1.19 bits per heavy atom. The number of piperidine rings is 1. The number of hydroxylamine groups is 1. The lowest BCUT2D eigenvalue weighted by Crippen LogP contribution is -2.65. The molecule has 0 aliphatic carbocycles. The van der Waals surface area contributed by atoms with Crippen LogP contribution in [0.25, 0.3) is 11.1 Å². The summed E-state index contributed by atoms with van der Waals surface area (Å²) in [5, 5.41) is 20.8. The van der Waals surface area contributed by atoms with Gasteiger partial charge in [-0.2, -0.15) is 0 Å². The molecule has 1 heterocycles. The van der Waals surface area contributed by atoms with Gasteiger partial charge in [-0.15, -0.1) is 0 Å². The Balaban J connectivity index is 1.95. The first-order chi connectivity index (χ1) is 12.8. The molecule has 7 nitrogen and oxygen atoms in total. The summed E-state index contributed by atoms with van der Waals surface area (Å²) in [5.41, 5.74) is 0.259. The van der Waals surface area contributed by atoms with Crippen LogP contribution in [0.2, 0.25) is 0 Å². The summed E-state index contributed by atoms with van der Waals surface area (Å²) in [6.07, 6.45) is -0.00208. The summed E-state index contributed by atoms with van der Waals surface area (Å²) >= 11 is 0. The fourth-order valence-electron chi connectivity index (χ4n) is 3.27. The minimum atomic E-state index is -4.07. The highest BCUT2D eigenvalue weighted by atomic mass is 32.2. The molecule has 1 aliphatic heterocycles. The lowest BCUT2D eigenvalue weighted by atomic mass is 9.93. The van der Waals surface area contributed by atoms with E-state index in [1.807, 2.05) is 0 Å². The van der Waals surface area contributed by atoms with E-state index in [2.05, 4.69) is 5.32 Å². The highest BCUT2D eigenvalue weighted by Crippen LogP contribution is 2.31. The maximum absolute atomic E-state index is 13.4. The molecule has 2 aromatic rings. The van der Waals surface area contributed by atoms with E-state index in [9.17, 15) is 22.7 Å². The summed E-state index contributed by atoms with van der Waals surface area (Å²) in [4.78, 5) is 11.8. The second-order valence-electron chi connectivity index (χ2n) is 6.40. The number of aliphatic hydroxyl groups is 1. The number of rotatable bonds is 4. The molecule has 2 atom stereocenters. The van der Waals surface area contributed by atoms with Gasteiger partial charge in [-0.05, 0) is 48.4 Å². The Bertz CT molecular complexity index is 948. The van der Waals surface area contributed by atoms with Gasteiger partial charge in [-0.1, -0.05) is 24.3 Å². The second-order valence-corrected chi connectivity index (χ2v) is 8.53. The standard InChI is InChI=1S/C18H19FN2O5S/c19-14-3-1-2-13(10-14)12-4-6-15(7-5-12)27(25,26)16-8-9-20-11-18(16,23)17(22)21-24/h1-7,10,16,20,23-24H,8-9,11H2,(H,21,22). The molecule has 9 heteroatoms. The molecule has 1 aliphatic rings. The van der Waals surface area contributed by atoms with Gasteiger partial charge in [0, 0.05) is 6.54 Å². The van der Waals surface area contributed by atoms with E-state index in [0.717, 1.165) is 0 Å². The Morgan fingerprint density at radius 2 is 1.89 bits per heavy atom. The van der Waals surface area contributed by atoms with Gasteiger partial charge in [0.1, 0.15) is 11.1 Å². The van der Waals surface area contributed by atoms with Crippen molar-refractivity contribution in [2.24, 2.45) is 0 Å². The van der Waals surface area contributed by atoms with Crippen molar-refractivity contribution in [1.29, 1.82) is 0 Å². The van der Waals surface area contributed by atoms with Crippen molar-refractivity contribution < 1.29 is 27.9 Å². The van der Waals surface area contributed by atoms with Crippen LogP contribution >= 0.6 is 0 Å². The number of carbonyl (C=O) groups is 1. The lowest BCUT2D eigenvalue weighted by molar-refractivity contribution is -0.149. The highest BCUT2D eigenvalue weighted by molar-refractivity contribution is 7.92. The summed E-state index contributed by atoms with van der Waals surface area (Å²) < 4.78 is 39.4. The number of β-amino-alcohol motifs (C(OH)–C–C–N with tert-alkyl or cyclic N) is 1. The fraction of sp³-hybridized carbons (Fsp3) is 0.278. The monoisotopic (exact) mass is 394 g/mol. The number of hydrogen-bond acceptors (Lipinski definition) is 6. The molecule has 1 saturated heterocycles. The molecule has 2 unspecified atom stereocenters. The predicted octanol–water partition coefficient (Wildman–Crippen LogP) is 0.865. The molecule has 0 bridgehead atoms. The van der Waals surface area contributed by atoms with Gasteiger partial charge < -0.3 is 10.4 Å². The maximum atomic E-state index is 13.4. The van der Waals surface area contributed by atoms with Gasteiger partial charge >= 0.3 is 0 Å². The van der Waals surface area contributed by atoms with Crippen LogP contribution in [0.5, 0.6) is 0 Å². The largest absolute Gasteiger partial charge is 0.377 e. The van der Waals surface area contributed by atoms with Crippen LogP contribution in [0.4, 0.5) is 4.39 Å². The molecule has 0 aromatic heterocycles. The van der Waals surface area contributed by atoms with Gasteiger partial charge in [0.2, 0.25) is 0 Å². The lowest BCUT2D eigenvalue weighted by Gasteiger charge is -2.37. The van der Waals surface area contributed by atoms with Gasteiger partial charge in [0.15, 0.2) is 15.4 Å². The average molecular weight is 394 g/mol. The van der Waals surface area contributed by atoms with E-state index in [-0.39, 0.29) is 17.9 Å². The smallest absolute Gasteiger partial charge is 0.277 e. The number of nitrogens with one attached hydrogen (secondary N) is 2. The van der Waals surface area contributed by atoms with Crippen LogP contribution in [-0.2, 0) is 14.6 Å². The molecule has 1 fully saturated rings. The Kier molecular flexibility index (Phi) is 5.29. The molecule has 144 valence electrons. The summed E-state index contributed by atoms with van der Waals surface area (Å²) in [5.74, 6) is -1.58. The molecular formula is C18H19FN2O5S. The van der Waals surface area contributed by atoms with Crippen LogP contribution in [-0.4, -0.2) is 48.6 Å². The van der Waals surface area contributed by atoms with Gasteiger partial charge in [-0.3, -0.25) is 10.0 Å². The van der Waals surface area contributed by atoms with Crippen LogP contribution in [0.3, 0.4) is 0 Å². The molecule has 0 saturated carbocycles. The predicted molar refractivity (Wildman–Crippen MR) is 95.2 cm³/mol. The zero-order valence-electron chi connectivity index (χ0n) is 14.2. The summed E-state index contributed by atoms with van der Waals surface area (Å²) in [6.45, 7) is -0.00302. The van der Waals surface area contributed by atoms with E-state index >= 15 is 0 Å². The number of benzene rings is 2. The average Bonchev–Trinajstić information content (AvgIpc) is 2.67. The first kappa shape index (κ1) is 19.4. The van der Waals surface area contributed by atoms with Crippen molar-refractivity contribution in [1.82, 2.24) is 10.8 Å². The molecule has 27 heavy (non-hydrogen) atoms. The third kappa shape index (κ3) is 3.59. The maximum Gasteiger partial charge on any atom is 0.277 e. The third-order valence-corrected chi connectivity index (χ3v) is 7.02. The van der Waals surface area contributed by atoms with Crippen molar-refractivity contribution in [3.05, 3.63) is 54.3 Å². The van der Waals surface area contributed by atoms with Gasteiger partial charge in [0.25, 0.3) is 5.91 Å². The Hall–Kier alpha value is -2.33. The minimum absolute atomic E-state index is 0.00208. The van der Waals surface area contributed by atoms with Crippen LogP contribution in [0.15, 0.2) is 53.4 Å². The Morgan fingerprint density at radius 3 is 2.52 bits per heavy atom. The van der Waals surface area contributed by atoms with E-state index in [4.69, 9.17) is 5.21 Å². The van der Waals surface area contributed by atoms with Gasteiger partial charge in [-0.25, -0.2) is 18.3 Å². The molecule has 1 amide bonds. The SMILES string of the molecule is O=C(NO)C1(O)CNCCC1S(=O)(=O)c1ccc(-c2cccc(F)c2)cc1. The van der Waals surface area contributed by atoms with Crippen molar-refractivity contribution in [3.8, 4) is 11.1 Å². The molecule has 4 N–H and O–H groups in total. The summed E-state index contributed by atoms with van der Waals surface area (Å²) in [6, 6.07) is 11.7.